The van der Waals surface area contributed by atoms with Crippen molar-refractivity contribution in [1.82, 2.24) is 10.3 Å². The molecule has 1 aromatic heterocycles. The average molecular weight is 303 g/mol. The van der Waals surface area contributed by atoms with Crippen LogP contribution in [0, 0.1) is 6.92 Å². The molecule has 0 radical (unpaired) electrons. The van der Waals surface area contributed by atoms with Crippen molar-refractivity contribution in [3.63, 3.8) is 0 Å². The smallest absolute Gasteiger partial charge is 0.0409 e. The zero-order valence-corrected chi connectivity index (χ0v) is 13.7. The summed E-state index contributed by atoms with van der Waals surface area (Å²) < 4.78 is 0. The molecule has 2 unspecified atom stereocenters. The predicted molar refractivity (Wildman–Crippen MR) is 89.9 cm³/mol. The van der Waals surface area contributed by atoms with Crippen LogP contribution in [-0.4, -0.2) is 11.5 Å². The molecule has 0 aliphatic rings. The number of rotatable bonds is 6. The molecule has 1 N–H and O–H groups in total. The molecule has 0 spiro atoms. The molecule has 0 aliphatic heterocycles. The lowest BCUT2D eigenvalue weighted by atomic mass is 9.87. The Hall–Kier alpha value is -1.38. The van der Waals surface area contributed by atoms with Gasteiger partial charge < -0.3 is 5.32 Å². The van der Waals surface area contributed by atoms with Crippen LogP contribution in [0.25, 0.3) is 0 Å². The lowest BCUT2D eigenvalue weighted by Gasteiger charge is -2.27. The van der Waals surface area contributed by atoms with E-state index in [1.807, 2.05) is 18.5 Å². The zero-order valence-electron chi connectivity index (χ0n) is 12.9. The van der Waals surface area contributed by atoms with Crippen LogP contribution in [0.5, 0.6) is 0 Å². The van der Waals surface area contributed by atoms with E-state index in [1.54, 1.807) is 0 Å². The Balaban J connectivity index is 2.36. The first-order chi connectivity index (χ1) is 10.1. The van der Waals surface area contributed by atoms with E-state index in [2.05, 4.69) is 55.3 Å². The molecule has 2 rings (SSSR count). The number of aromatic nitrogens is 1. The standard InChI is InChI=1S/C18H23ClN2/c1-4-9-21-18(14(3)15-7-10-20-11-8-15)17-12-16(19)6-5-13(17)2/h5-8,10-12,14,18,21H,4,9H2,1-3H3. The number of halogens is 1. The van der Waals surface area contributed by atoms with Gasteiger partial charge in [0.05, 0.1) is 0 Å². The Kier molecular flexibility index (Phi) is 5.77. The Morgan fingerprint density at radius 2 is 1.90 bits per heavy atom. The number of hydrogen-bond donors (Lipinski definition) is 1. The van der Waals surface area contributed by atoms with Gasteiger partial charge >= 0.3 is 0 Å². The highest BCUT2D eigenvalue weighted by molar-refractivity contribution is 6.30. The third-order valence-corrected chi connectivity index (χ3v) is 4.16. The fraction of sp³-hybridized carbons (Fsp3) is 0.389. The summed E-state index contributed by atoms with van der Waals surface area (Å²) in [7, 11) is 0. The molecule has 0 fully saturated rings. The molecule has 0 aliphatic carbocycles. The van der Waals surface area contributed by atoms with Crippen LogP contribution in [-0.2, 0) is 0 Å². The normalized spacial score (nSPS) is 13.9. The molecule has 2 atom stereocenters. The van der Waals surface area contributed by atoms with Crippen molar-refractivity contribution in [1.29, 1.82) is 0 Å². The van der Waals surface area contributed by atoms with E-state index < -0.39 is 0 Å². The highest BCUT2D eigenvalue weighted by Gasteiger charge is 2.22. The monoisotopic (exact) mass is 302 g/mol. The lowest BCUT2D eigenvalue weighted by molar-refractivity contribution is 0.464. The summed E-state index contributed by atoms with van der Waals surface area (Å²) in [5, 5.41) is 4.47. The molecule has 1 aromatic carbocycles. The van der Waals surface area contributed by atoms with Crippen LogP contribution < -0.4 is 5.32 Å². The van der Waals surface area contributed by atoms with Gasteiger partial charge in [-0.25, -0.2) is 0 Å². The van der Waals surface area contributed by atoms with Crippen molar-refractivity contribution in [3.05, 3.63) is 64.4 Å². The van der Waals surface area contributed by atoms with Gasteiger partial charge in [0.1, 0.15) is 0 Å². The van der Waals surface area contributed by atoms with Gasteiger partial charge in [0.25, 0.3) is 0 Å². The molecule has 21 heavy (non-hydrogen) atoms. The van der Waals surface area contributed by atoms with Gasteiger partial charge in [0.2, 0.25) is 0 Å². The zero-order chi connectivity index (χ0) is 15.2. The number of nitrogens with one attached hydrogen (secondary N) is 1. The summed E-state index contributed by atoms with van der Waals surface area (Å²) in [6.45, 7) is 7.58. The van der Waals surface area contributed by atoms with Gasteiger partial charge in [-0.2, -0.15) is 0 Å². The Morgan fingerprint density at radius 3 is 2.57 bits per heavy atom. The molecule has 3 heteroatoms. The van der Waals surface area contributed by atoms with Crippen molar-refractivity contribution in [2.24, 2.45) is 0 Å². The molecule has 1 heterocycles. The third-order valence-electron chi connectivity index (χ3n) is 3.92. The largest absolute Gasteiger partial charge is 0.309 e. The van der Waals surface area contributed by atoms with Crippen molar-refractivity contribution in [2.75, 3.05) is 6.54 Å². The van der Waals surface area contributed by atoms with E-state index in [9.17, 15) is 0 Å². The number of benzene rings is 1. The molecule has 2 nitrogen and oxygen atoms in total. The summed E-state index contributed by atoms with van der Waals surface area (Å²) >= 11 is 6.21. The molecular weight excluding hydrogens is 280 g/mol. The van der Waals surface area contributed by atoms with E-state index >= 15 is 0 Å². The van der Waals surface area contributed by atoms with E-state index in [4.69, 9.17) is 11.6 Å². The van der Waals surface area contributed by atoms with Gasteiger partial charge in [-0.05, 0) is 60.8 Å². The van der Waals surface area contributed by atoms with Crippen molar-refractivity contribution in [2.45, 2.75) is 39.2 Å². The topological polar surface area (TPSA) is 24.9 Å². The van der Waals surface area contributed by atoms with E-state index in [0.29, 0.717) is 5.92 Å². The maximum absolute atomic E-state index is 6.21. The minimum Gasteiger partial charge on any atom is -0.309 e. The highest BCUT2D eigenvalue weighted by atomic mass is 35.5. The fourth-order valence-electron chi connectivity index (χ4n) is 2.66. The summed E-state index contributed by atoms with van der Waals surface area (Å²) in [5.41, 5.74) is 3.84. The first-order valence-corrected chi connectivity index (χ1v) is 7.90. The molecular formula is C18H23ClN2. The second kappa shape index (κ2) is 7.58. The summed E-state index contributed by atoms with van der Waals surface area (Å²) in [5.74, 6) is 0.358. The van der Waals surface area contributed by atoms with Crippen LogP contribution in [0.1, 0.15) is 48.9 Å². The Morgan fingerprint density at radius 1 is 1.19 bits per heavy atom. The number of pyridine rings is 1. The van der Waals surface area contributed by atoms with Crippen LogP contribution in [0.15, 0.2) is 42.7 Å². The maximum atomic E-state index is 6.21. The number of nitrogens with zero attached hydrogens (tertiary/aromatic N) is 1. The van der Waals surface area contributed by atoms with Gasteiger partial charge in [0, 0.05) is 29.4 Å². The number of aryl methyl sites for hydroxylation is 1. The highest BCUT2D eigenvalue weighted by Crippen LogP contribution is 2.33. The molecule has 112 valence electrons. The van der Waals surface area contributed by atoms with Crippen LogP contribution in [0.3, 0.4) is 0 Å². The fourth-order valence-corrected chi connectivity index (χ4v) is 2.84. The average Bonchev–Trinajstić information content (AvgIpc) is 2.51. The van der Waals surface area contributed by atoms with Crippen molar-refractivity contribution in [3.8, 4) is 0 Å². The molecule has 0 bridgehead atoms. The number of hydrogen-bond acceptors (Lipinski definition) is 2. The second-order valence-electron chi connectivity index (χ2n) is 5.50. The second-order valence-corrected chi connectivity index (χ2v) is 5.94. The summed E-state index contributed by atoms with van der Waals surface area (Å²) in [4.78, 5) is 4.11. The molecule has 0 saturated heterocycles. The lowest BCUT2D eigenvalue weighted by Crippen LogP contribution is -2.27. The SMILES string of the molecule is CCCNC(c1cc(Cl)ccc1C)C(C)c1ccncc1. The summed E-state index contributed by atoms with van der Waals surface area (Å²) in [6.07, 6.45) is 4.82. The predicted octanol–water partition coefficient (Wildman–Crippen LogP) is 4.89. The molecule has 2 aromatic rings. The van der Waals surface area contributed by atoms with Crippen molar-refractivity contribution >= 4 is 11.6 Å². The van der Waals surface area contributed by atoms with E-state index in [-0.39, 0.29) is 6.04 Å². The van der Waals surface area contributed by atoms with Gasteiger partial charge in [-0.1, -0.05) is 31.5 Å². The van der Waals surface area contributed by atoms with Crippen LogP contribution in [0.4, 0.5) is 0 Å². The summed E-state index contributed by atoms with van der Waals surface area (Å²) in [6, 6.07) is 10.6. The first-order valence-electron chi connectivity index (χ1n) is 7.52. The van der Waals surface area contributed by atoms with E-state index in [1.165, 1.54) is 16.7 Å². The molecule has 0 amide bonds. The van der Waals surface area contributed by atoms with Gasteiger partial charge in [0.15, 0.2) is 0 Å². The van der Waals surface area contributed by atoms with Gasteiger partial charge in [-0.15, -0.1) is 0 Å². The third kappa shape index (κ3) is 4.05. The Labute approximate surface area is 132 Å². The molecule has 0 saturated carbocycles. The minimum atomic E-state index is 0.256. The van der Waals surface area contributed by atoms with Crippen LogP contribution >= 0.6 is 11.6 Å². The van der Waals surface area contributed by atoms with Crippen molar-refractivity contribution < 1.29 is 0 Å². The first kappa shape index (κ1) is 16.0. The van der Waals surface area contributed by atoms with Gasteiger partial charge in [-0.3, -0.25) is 4.98 Å². The maximum Gasteiger partial charge on any atom is 0.0409 e. The quantitative estimate of drug-likeness (QED) is 0.822. The van der Waals surface area contributed by atoms with E-state index in [0.717, 1.165) is 18.0 Å². The Bertz CT molecular complexity index is 569. The van der Waals surface area contributed by atoms with Crippen LogP contribution in [0.2, 0.25) is 5.02 Å². The minimum absolute atomic E-state index is 0.256.